The Bertz CT molecular complexity index is 391. The molecule has 1 aliphatic carbocycles. The molecule has 0 bridgehead atoms. The molecule has 1 aromatic carbocycles. The van der Waals surface area contributed by atoms with Gasteiger partial charge in [-0.2, -0.15) is 0 Å². The molecule has 1 heteroatoms. The number of nitrogens with one attached hydrogen (secondary N) is 1. The van der Waals surface area contributed by atoms with Gasteiger partial charge in [-0.3, -0.25) is 0 Å². The number of rotatable bonds is 7. The third kappa shape index (κ3) is 4.34. The summed E-state index contributed by atoms with van der Waals surface area (Å²) in [5, 5.41) is 3.81. The van der Waals surface area contributed by atoms with Crippen LogP contribution >= 0.6 is 0 Å². The maximum Gasteiger partial charge on any atom is 0.0348 e. The summed E-state index contributed by atoms with van der Waals surface area (Å²) in [4.78, 5) is 0. The molecular weight excluding hydrogens is 242 g/mol. The van der Waals surface area contributed by atoms with E-state index in [2.05, 4.69) is 50.4 Å². The summed E-state index contributed by atoms with van der Waals surface area (Å²) < 4.78 is 0. The summed E-state index contributed by atoms with van der Waals surface area (Å²) in [5.41, 5.74) is 3.02. The van der Waals surface area contributed by atoms with Crippen molar-refractivity contribution in [1.82, 2.24) is 5.32 Å². The van der Waals surface area contributed by atoms with E-state index in [1.54, 1.807) is 0 Å². The Morgan fingerprint density at radius 2 is 1.95 bits per heavy atom. The molecule has 1 atom stereocenters. The first-order chi connectivity index (χ1) is 9.70. The van der Waals surface area contributed by atoms with Crippen molar-refractivity contribution < 1.29 is 0 Å². The SMILES string of the molecule is CCCNC(c1cccc(CC(C)C)c1)C1CCCC1. The average Bonchev–Trinajstić information content (AvgIpc) is 2.93. The normalized spacial score (nSPS) is 17.8. The van der Waals surface area contributed by atoms with Crippen LogP contribution in [0.3, 0.4) is 0 Å². The molecule has 0 heterocycles. The Morgan fingerprint density at radius 1 is 1.20 bits per heavy atom. The van der Waals surface area contributed by atoms with E-state index in [-0.39, 0.29) is 0 Å². The van der Waals surface area contributed by atoms with Crippen LogP contribution < -0.4 is 5.32 Å². The summed E-state index contributed by atoms with van der Waals surface area (Å²) >= 11 is 0. The van der Waals surface area contributed by atoms with E-state index in [1.807, 2.05) is 0 Å². The number of hydrogen-bond donors (Lipinski definition) is 1. The van der Waals surface area contributed by atoms with Crippen molar-refractivity contribution in [2.24, 2.45) is 11.8 Å². The Kier molecular flexibility index (Phi) is 6.09. The maximum absolute atomic E-state index is 3.81. The molecule has 1 aromatic rings. The topological polar surface area (TPSA) is 12.0 Å². The van der Waals surface area contributed by atoms with Gasteiger partial charge < -0.3 is 5.32 Å². The second kappa shape index (κ2) is 7.83. The zero-order chi connectivity index (χ0) is 14.4. The first-order valence-corrected chi connectivity index (χ1v) is 8.53. The van der Waals surface area contributed by atoms with E-state index in [9.17, 15) is 0 Å². The van der Waals surface area contributed by atoms with Crippen LogP contribution in [0.2, 0.25) is 0 Å². The lowest BCUT2D eigenvalue weighted by Gasteiger charge is -2.26. The molecule has 1 nitrogen and oxygen atoms in total. The molecule has 1 fully saturated rings. The highest BCUT2D eigenvalue weighted by Crippen LogP contribution is 2.36. The highest BCUT2D eigenvalue weighted by atomic mass is 14.9. The van der Waals surface area contributed by atoms with Crippen molar-refractivity contribution >= 4 is 0 Å². The number of benzene rings is 1. The average molecular weight is 273 g/mol. The van der Waals surface area contributed by atoms with Crippen molar-refractivity contribution in [1.29, 1.82) is 0 Å². The lowest BCUT2D eigenvalue weighted by atomic mass is 9.89. The molecule has 0 amide bonds. The van der Waals surface area contributed by atoms with Crippen molar-refractivity contribution in [2.75, 3.05) is 6.54 Å². The lowest BCUT2D eigenvalue weighted by Crippen LogP contribution is -2.28. The van der Waals surface area contributed by atoms with Gasteiger partial charge in [0, 0.05) is 6.04 Å². The molecule has 0 radical (unpaired) electrons. The third-order valence-electron chi connectivity index (χ3n) is 4.44. The van der Waals surface area contributed by atoms with Crippen LogP contribution in [0.25, 0.3) is 0 Å². The van der Waals surface area contributed by atoms with Gasteiger partial charge in [0.2, 0.25) is 0 Å². The third-order valence-corrected chi connectivity index (χ3v) is 4.44. The molecular formula is C19H31N. The molecule has 0 aliphatic heterocycles. The van der Waals surface area contributed by atoms with E-state index in [0.717, 1.165) is 18.4 Å². The van der Waals surface area contributed by atoms with Gasteiger partial charge >= 0.3 is 0 Å². The van der Waals surface area contributed by atoms with E-state index in [4.69, 9.17) is 0 Å². The molecule has 2 rings (SSSR count). The Labute approximate surface area is 125 Å². The fraction of sp³-hybridized carbons (Fsp3) is 0.684. The van der Waals surface area contributed by atoms with E-state index in [0.29, 0.717) is 6.04 Å². The standard InChI is InChI=1S/C19H31N/c1-4-12-20-19(17-9-5-6-10-17)18-11-7-8-16(14-18)13-15(2)3/h7-8,11,14-15,17,19-20H,4-6,9-10,12-13H2,1-3H3. The summed E-state index contributed by atoms with van der Waals surface area (Å²) in [7, 11) is 0. The van der Waals surface area contributed by atoms with E-state index >= 15 is 0 Å². The summed E-state index contributed by atoms with van der Waals surface area (Å²) in [6.07, 6.45) is 8.04. The van der Waals surface area contributed by atoms with Gasteiger partial charge in [0.1, 0.15) is 0 Å². The van der Waals surface area contributed by atoms with Gasteiger partial charge in [-0.25, -0.2) is 0 Å². The monoisotopic (exact) mass is 273 g/mol. The minimum Gasteiger partial charge on any atom is -0.310 e. The quantitative estimate of drug-likeness (QED) is 0.727. The predicted molar refractivity (Wildman–Crippen MR) is 88.0 cm³/mol. The molecule has 0 saturated heterocycles. The smallest absolute Gasteiger partial charge is 0.0348 e. The van der Waals surface area contributed by atoms with Crippen LogP contribution in [0.5, 0.6) is 0 Å². The van der Waals surface area contributed by atoms with E-state index < -0.39 is 0 Å². The minimum absolute atomic E-state index is 0.574. The Balaban J connectivity index is 2.14. The summed E-state index contributed by atoms with van der Waals surface area (Å²) in [6, 6.07) is 9.89. The molecule has 1 aliphatic rings. The molecule has 112 valence electrons. The molecule has 1 saturated carbocycles. The molecule has 20 heavy (non-hydrogen) atoms. The number of hydrogen-bond acceptors (Lipinski definition) is 1. The second-order valence-electron chi connectivity index (χ2n) is 6.82. The zero-order valence-electron chi connectivity index (χ0n) is 13.5. The molecule has 1 unspecified atom stereocenters. The highest BCUT2D eigenvalue weighted by Gasteiger charge is 2.25. The molecule has 1 N–H and O–H groups in total. The van der Waals surface area contributed by atoms with Gasteiger partial charge in [-0.15, -0.1) is 0 Å². The fourth-order valence-electron chi connectivity index (χ4n) is 3.53. The van der Waals surface area contributed by atoms with E-state index in [1.165, 1.54) is 49.7 Å². The highest BCUT2D eigenvalue weighted by molar-refractivity contribution is 5.27. The minimum atomic E-state index is 0.574. The first-order valence-electron chi connectivity index (χ1n) is 8.53. The Hall–Kier alpha value is -0.820. The van der Waals surface area contributed by atoms with Gasteiger partial charge in [0.15, 0.2) is 0 Å². The molecule has 0 aromatic heterocycles. The predicted octanol–water partition coefficient (Wildman–Crippen LogP) is 5.12. The Morgan fingerprint density at radius 3 is 2.60 bits per heavy atom. The van der Waals surface area contributed by atoms with Crippen LogP contribution in [0.15, 0.2) is 24.3 Å². The van der Waals surface area contributed by atoms with Crippen molar-refractivity contribution in [2.45, 2.75) is 65.3 Å². The van der Waals surface area contributed by atoms with Crippen LogP contribution in [-0.2, 0) is 6.42 Å². The van der Waals surface area contributed by atoms with Gasteiger partial charge in [0.25, 0.3) is 0 Å². The first kappa shape index (κ1) is 15.6. The second-order valence-corrected chi connectivity index (χ2v) is 6.82. The van der Waals surface area contributed by atoms with Crippen LogP contribution in [0, 0.1) is 11.8 Å². The van der Waals surface area contributed by atoms with Crippen LogP contribution in [0.4, 0.5) is 0 Å². The van der Waals surface area contributed by atoms with Gasteiger partial charge in [-0.1, -0.05) is 57.9 Å². The van der Waals surface area contributed by atoms with Crippen molar-refractivity contribution in [3.8, 4) is 0 Å². The van der Waals surface area contributed by atoms with Crippen LogP contribution in [-0.4, -0.2) is 6.54 Å². The largest absolute Gasteiger partial charge is 0.310 e. The summed E-state index contributed by atoms with van der Waals surface area (Å²) in [5.74, 6) is 1.58. The molecule has 0 spiro atoms. The van der Waals surface area contributed by atoms with Crippen molar-refractivity contribution in [3.63, 3.8) is 0 Å². The summed E-state index contributed by atoms with van der Waals surface area (Å²) in [6.45, 7) is 8.00. The van der Waals surface area contributed by atoms with Crippen molar-refractivity contribution in [3.05, 3.63) is 35.4 Å². The maximum atomic E-state index is 3.81. The fourth-order valence-corrected chi connectivity index (χ4v) is 3.53. The van der Waals surface area contributed by atoms with Crippen LogP contribution in [0.1, 0.15) is 70.0 Å². The van der Waals surface area contributed by atoms with Gasteiger partial charge in [0.05, 0.1) is 0 Å². The lowest BCUT2D eigenvalue weighted by molar-refractivity contribution is 0.368. The zero-order valence-corrected chi connectivity index (χ0v) is 13.5. The van der Waals surface area contributed by atoms with Gasteiger partial charge in [-0.05, 0) is 55.2 Å².